The average Bonchev–Trinajstić information content (AvgIpc) is 1.86. The van der Waals surface area contributed by atoms with Crippen LogP contribution in [0.15, 0.2) is 0 Å². The molecule has 2 atom stereocenters. The largest absolute Gasteiger partial charge is 0.0654 e. The third kappa shape index (κ3) is 5.29. The monoisotopic (exact) mass is 156 g/mol. The molecule has 0 aliphatic carbocycles. The lowest BCUT2D eigenvalue weighted by Crippen LogP contribution is -2.10. The standard InChI is InChI=1S/C11H24/c1-6-7-10(4)11(5)8-9(2)3/h9-11H,6-8H2,1-5H3/t10?,11-/m1/s1. The van der Waals surface area contributed by atoms with Gasteiger partial charge in [-0.25, -0.2) is 0 Å². The molecule has 68 valence electrons. The minimum absolute atomic E-state index is 0.865. The Bertz CT molecular complexity index is 84.0. The van der Waals surface area contributed by atoms with Crippen molar-refractivity contribution in [1.29, 1.82) is 0 Å². The van der Waals surface area contributed by atoms with Crippen LogP contribution in [0.2, 0.25) is 0 Å². The zero-order chi connectivity index (χ0) is 8.85. The van der Waals surface area contributed by atoms with E-state index in [0.717, 1.165) is 17.8 Å². The first-order valence-corrected chi connectivity index (χ1v) is 5.07. The van der Waals surface area contributed by atoms with Crippen LogP contribution >= 0.6 is 0 Å². The Hall–Kier alpha value is 0. The van der Waals surface area contributed by atoms with Gasteiger partial charge in [0.1, 0.15) is 0 Å². The molecule has 0 aliphatic heterocycles. The van der Waals surface area contributed by atoms with Crippen molar-refractivity contribution in [2.24, 2.45) is 17.8 Å². The Balaban J connectivity index is 3.54. The van der Waals surface area contributed by atoms with Crippen LogP contribution in [-0.4, -0.2) is 0 Å². The zero-order valence-electron chi connectivity index (χ0n) is 8.85. The first kappa shape index (κ1) is 11.0. The Morgan fingerprint density at radius 1 is 0.909 bits per heavy atom. The van der Waals surface area contributed by atoms with Crippen LogP contribution in [0.4, 0.5) is 0 Å². The van der Waals surface area contributed by atoms with Gasteiger partial charge in [0, 0.05) is 0 Å². The van der Waals surface area contributed by atoms with Gasteiger partial charge in [0.05, 0.1) is 0 Å². The van der Waals surface area contributed by atoms with E-state index in [1.54, 1.807) is 0 Å². The van der Waals surface area contributed by atoms with E-state index in [4.69, 9.17) is 0 Å². The average molecular weight is 156 g/mol. The van der Waals surface area contributed by atoms with Gasteiger partial charge in [0.2, 0.25) is 0 Å². The first-order valence-electron chi connectivity index (χ1n) is 5.07. The van der Waals surface area contributed by atoms with Gasteiger partial charge in [-0.3, -0.25) is 0 Å². The molecule has 0 nitrogen and oxygen atoms in total. The second kappa shape index (κ2) is 5.62. The molecule has 0 N–H and O–H groups in total. The molecule has 11 heavy (non-hydrogen) atoms. The van der Waals surface area contributed by atoms with Gasteiger partial charge in [0.25, 0.3) is 0 Å². The molecule has 0 amide bonds. The molecule has 0 radical (unpaired) electrons. The molecule has 0 fully saturated rings. The molecule has 0 aliphatic rings. The fraction of sp³-hybridized carbons (Fsp3) is 1.00. The Morgan fingerprint density at radius 2 is 1.45 bits per heavy atom. The van der Waals surface area contributed by atoms with Crippen LogP contribution in [0, 0.1) is 17.8 Å². The van der Waals surface area contributed by atoms with Gasteiger partial charge < -0.3 is 0 Å². The van der Waals surface area contributed by atoms with Gasteiger partial charge in [-0.2, -0.15) is 0 Å². The summed E-state index contributed by atoms with van der Waals surface area (Å²) in [6.07, 6.45) is 4.12. The second-order valence-electron chi connectivity index (χ2n) is 4.37. The molecule has 0 heterocycles. The van der Waals surface area contributed by atoms with Crippen molar-refractivity contribution in [3.05, 3.63) is 0 Å². The Kier molecular flexibility index (Phi) is 5.62. The van der Waals surface area contributed by atoms with E-state index >= 15 is 0 Å². The molecule has 0 bridgehead atoms. The van der Waals surface area contributed by atoms with E-state index in [1.807, 2.05) is 0 Å². The highest BCUT2D eigenvalue weighted by Gasteiger charge is 2.11. The van der Waals surface area contributed by atoms with Gasteiger partial charge in [-0.15, -0.1) is 0 Å². The summed E-state index contributed by atoms with van der Waals surface area (Å²) in [7, 11) is 0. The van der Waals surface area contributed by atoms with Crippen molar-refractivity contribution >= 4 is 0 Å². The minimum Gasteiger partial charge on any atom is -0.0654 e. The summed E-state index contributed by atoms with van der Waals surface area (Å²) < 4.78 is 0. The van der Waals surface area contributed by atoms with Crippen molar-refractivity contribution in [3.63, 3.8) is 0 Å². The molecule has 0 aromatic carbocycles. The third-order valence-corrected chi connectivity index (χ3v) is 2.56. The van der Waals surface area contributed by atoms with Crippen molar-refractivity contribution in [2.45, 2.75) is 53.9 Å². The van der Waals surface area contributed by atoms with Gasteiger partial charge >= 0.3 is 0 Å². The molecule has 0 rings (SSSR count). The van der Waals surface area contributed by atoms with Gasteiger partial charge in [0.15, 0.2) is 0 Å². The summed E-state index contributed by atoms with van der Waals surface area (Å²) in [5, 5.41) is 0. The summed E-state index contributed by atoms with van der Waals surface area (Å²) in [5.74, 6) is 2.70. The molecule has 1 unspecified atom stereocenters. The molecule has 0 heteroatoms. The van der Waals surface area contributed by atoms with Gasteiger partial charge in [-0.05, 0) is 24.2 Å². The van der Waals surface area contributed by atoms with Crippen molar-refractivity contribution in [3.8, 4) is 0 Å². The van der Waals surface area contributed by atoms with Crippen molar-refractivity contribution < 1.29 is 0 Å². The molecule has 0 aromatic rings. The van der Waals surface area contributed by atoms with Crippen LogP contribution in [-0.2, 0) is 0 Å². The van der Waals surface area contributed by atoms with Crippen molar-refractivity contribution in [2.75, 3.05) is 0 Å². The van der Waals surface area contributed by atoms with Crippen LogP contribution in [0.3, 0.4) is 0 Å². The minimum atomic E-state index is 0.865. The molecule has 0 spiro atoms. The normalized spacial score (nSPS) is 16.9. The maximum atomic E-state index is 2.39. The first-order chi connectivity index (χ1) is 5.07. The number of hydrogen-bond donors (Lipinski definition) is 0. The molecule has 0 saturated heterocycles. The smallest absolute Gasteiger partial charge is 0.0415 e. The zero-order valence-corrected chi connectivity index (χ0v) is 8.85. The Morgan fingerprint density at radius 3 is 1.82 bits per heavy atom. The Labute approximate surface area is 72.4 Å². The van der Waals surface area contributed by atoms with Crippen LogP contribution < -0.4 is 0 Å². The van der Waals surface area contributed by atoms with Gasteiger partial charge in [-0.1, -0.05) is 47.5 Å². The quantitative estimate of drug-likeness (QED) is 0.562. The lowest BCUT2D eigenvalue weighted by atomic mass is 9.86. The topological polar surface area (TPSA) is 0 Å². The fourth-order valence-corrected chi connectivity index (χ4v) is 1.72. The van der Waals surface area contributed by atoms with Crippen LogP contribution in [0.1, 0.15) is 53.9 Å². The highest BCUT2D eigenvalue weighted by Crippen LogP contribution is 2.23. The predicted octanol–water partition coefficient (Wildman–Crippen LogP) is 4.10. The van der Waals surface area contributed by atoms with E-state index in [-0.39, 0.29) is 0 Å². The lowest BCUT2D eigenvalue weighted by molar-refractivity contribution is 0.306. The summed E-state index contributed by atoms with van der Waals surface area (Å²) >= 11 is 0. The van der Waals surface area contributed by atoms with Crippen LogP contribution in [0.25, 0.3) is 0 Å². The van der Waals surface area contributed by atoms with Crippen LogP contribution in [0.5, 0.6) is 0 Å². The maximum Gasteiger partial charge on any atom is -0.0415 e. The molecular weight excluding hydrogens is 132 g/mol. The van der Waals surface area contributed by atoms with E-state index < -0.39 is 0 Å². The lowest BCUT2D eigenvalue weighted by Gasteiger charge is -2.20. The predicted molar refractivity (Wildman–Crippen MR) is 52.7 cm³/mol. The fourth-order valence-electron chi connectivity index (χ4n) is 1.72. The third-order valence-electron chi connectivity index (χ3n) is 2.56. The SMILES string of the molecule is CCCC(C)[C@H](C)CC(C)C. The molecule has 0 aromatic heterocycles. The summed E-state index contributed by atoms with van der Waals surface area (Å²) in [5.41, 5.74) is 0. The molecular formula is C11H24. The van der Waals surface area contributed by atoms with E-state index in [0.29, 0.717) is 0 Å². The maximum absolute atomic E-state index is 2.39. The highest BCUT2D eigenvalue weighted by atomic mass is 14.2. The number of hydrogen-bond acceptors (Lipinski definition) is 0. The van der Waals surface area contributed by atoms with E-state index in [9.17, 15) is 0 Å². The van der Waals surface area contributed by atoms with Crippen molar-refractivity contribution in [1.82, 2.24) is 0 Å². The molecule has 0 saturated carbocycles. The second-order valence-corrected chi connectivity index (χ2v) is 4.37. The highest BCUT2D eigenvalue weighted by molar-refractivity contribution is 4.63. The summed E-state index contributed by atoms with van der Waals surface area (Å²) in [6.45, 7) is 11.7. The number of rotatable bonds is 5. The summed E-state index contributed by atoms with van der Waals surface area (Å²) in [4.78, 5) is 0. The van der Waals surface area contributed by atoms with E-state index in [1.165, 1.54) is 19.3 Å². The summed E-state index contributed by atoms with van der Waals surface area (Å²) in [6, 6.07) is 0. The van der Waals surface area contributed by atoms with E-state index in [2.05, 4.69) is 34.6 Å².